The topological polar surface area (TPSA) is 135 Å². The second-order valence-electron chi connectivity index (χ2n) is 9.57. The Kier molecular flexibility index (Phi) is 8.36. The van der Waals surface area contributed by atoms with E-state index >= 15 is 4.39 Å². The van der Waals surface area contributed by atoms with E-state index in [2.05, 4.69) is 10.3 Å². The highest BCUT2D eigenvalue weighted by molar-refractivity contribution is 6.34. The van der Waals surface area contributed by atoms with Gasteiger partial charge in [-0.25, -0.2) is 9.37 Å². The molecule has 2 atom stereocenters. The van der Waals surface area contributed by atoms with E-state index in [1.807, 2.05) is 6.92 Å². The van der Waals surface area contributed by atoms with Crippen LogP contribution in [-0.2, 0) is 27.2 Å². The molecule has 12 heteroatoms. The van der Waals surface area contributed by atoms with E-state index in [9.17, 15) is 14.4 Å². The fourth-order valence-electron chi connectivity index (χ4n) is 4.96. The zero-order valence-corrected chi connectivity index (χ0v) is 22.8. The maximum absolute atomic E-state index is 15.2. The molecule has 214 valence electrons. The van der Waals surface area contributed by atoms with Gasteiger partial charge in [0.15, 0.2) is 0 Å². The average Bonchev–Trinajstić information content (AvgIpc) is 3.68. The molecular formula is C29H27ClFN3O7. The molecule has 4 aromatic rings. The number of likely N-dealkylation sites (tertiary alicyclic amines) is 1. The number of hydrogen-bond acceptors (Lipinski definition) is 7. The molecule has 2 N–H and O–H groups in total. The third-order valence-corrected chi connectivity index (χ3v) is 7.22. The fraction of sp³-hybridized carbons (Fsp3) is 0.310. The van der Waals surface area contributed by atoms with Crippen LogP contribution in [-0.4, -0.2) is 52.0 Å². The van der Waals surface area contributed by atoms with Crippen molar-refractivity contribution in [3.05, 3.63) is 82.5 Å². The van der Waals surface area contributed by atoms with Crippen molar-refractivity contribution in [2.75, 3.05) is 18.5 Å². The minimum Gasteiger partial charge on any atom is -0.481 e. The van der Waals surface area contributed by atoms with Gasteiger partial charge in [-0.1, -0.05) is 29.8 Å². The summed E-state index contributed by atoms with van der Waals surface area (Å²) in [5, 5.41) is 12.2. The van der Waals surface area contributed by atoms with Crippen molar-refractivity contribution >= 4 is 46.0 Å². The molecule has 1 aliphatic heterocycles. The first kappa shape index (κ1) is 28.3. The number of hydrogen-bond donors (Lipinski definition) is 2. The number of carbonyl (C=O) groups excluding carboxylic acids is 2. The first-order chi connectivity index (χ1) is 19.7. The number of furan rings is 1. The van der Waals surface area contributed by atoms with Crippen molar-refractivity contribution in [1.82, 2.24) is 9.88 Å². The van der Waals surface area contributed by atoms with Crippen LogP contribution in [0.3, 0.4) is 0 Å². The van der Waals surface area contributed by atoms with Crippen molar-refractivity contribution in [1.29, 1.82) is 0 Å². The zero-order valence-electron chi connectivity index (χ0n) is 22.1. The first-order valence-electron chi connectivity index (χ1n) is 13.1. The molecule has 1 fully saturated rings. The molecule has 1 saturated heterocycles. The molecule has 3 heterocycles. The number of amides is 2. The quantitative estimate of drug-likeness (QED) is 0.253. The molecule has 0 bridgehead atoms. The average molecular weight is 584 g/mol. The van der Waals surface area contributed by atoms with Gasteiger partial charge in [-0.2, -0.15) is 0 Å². The summed E-state index contributed by atoms with van der Waals surface area (Å²) in [6.07, 6.45) is 2.64. The third-order valence-electron chi connectivity index (χ3n) is 6.90. The van der Waals surface area contributed by atoms with Gasteiger partial charge < -0.3 is 28.9 Å². The number of aliphatic carboxylic acids is 1. The summed E-state index contributed by atoms with van der Waals surface area (Å²) in [4.78, 5) is 43.0. The van der Waals surface area contributed by atoms with Crippen LogP contribution < -0.4 is 5.32 Å². The summed E-state index contributed by atoms with van der Waals surface area (Å²) >= 11 is 6.40. The van der Waals surface area contributed by atoms with Gasteiger partial charge in [0.2, 0.25) is 11.8 Å². The Hall–Kier alpha value is -4.22. The summed E-state index contributed by atoms with van der Waals surface area (Å²) in [7, 11) is 0. The predicted molar refractivity (Wildman–Crippen MR) is 146 cm³/mol. The van der Waals surface area contributed by atoms with Gasteiger partial charge in [0, 0.05) is 25.0 Å². The van der Waals surface area contributed by atoms with E-state index in [-0.39, 0.29) is 59.0 Å². The van der Waals surface area contributed by atoms with Gasteiger partial charge in [-0.05, 0) is 37.1 Å². The van der Waals surface area contributed by atoms with E-state index in [4.69, 9.17) is 30.3 Å². The van der Waals surface area contributed by atoms with Crippen molar-refractivity contribution < 1.29 is 37.5 Å². The molecule has 10 nitrogen and oxygen atoms in total. The van der Waals surface area contributed by atoms with Gasteiger partial charge in [0.1, 0.15) is 29.5 Å². The van der Waals surface area contributed by atoms with Gasteiger partial charge in [0.05, 0.1) is 41.4 Å². The lowest BCUT2D eigenvalue weighted by molar-refractivity contribution is -0.137. The summed E-state index contributed by atoms with van der Waals surface area (Å²) in [5.41, 5.74) is 0.925. The highest BCUT2D eigenvalue weighted by Gasteiger charge is 2.41. The van der Waals surface area contributed by atoms with Crippen molar-refractivity contribution in [3.8, 4) is 0 Å². The minimum absolute atomic E-state index is 0.0554. The Morgan fingerprint density at radius 3 is 2.85 bits per heavy atom. The normalized spacial score (nSPS) is 16.8. The van der Waals surface area contributed by atoms with Crippen LogP contribution in [0.15, 0.2) is 57.7 Å². The van der Waals surface area contributed by atoms with E-state index in [1.54, 1.807) is 24.3 Å². The maximum atomic E-state index is 15.2. The molecular weight excluding hydrogens is 557 g/mol. The number of nitrogens with one attached hydrogen (secondary N) is 1. The molecule has 0 saturated carbocycles. The number of ether oxygens (including phenoxy) is 1. The van der Waals surface area contributed by atoms with Gasteiger partial charge >= 0.3 is 5.97 Å². The molecule has 2 aromatic carbocycles. The second kappa shape index (κ2) is 12.1. The zero-order chi connectivity index (χ0) is 29.1. The fourth-order valence-corrected chi connectivity index (χ4v) is 5.19. The Labute approximate surface area is 239 Å². The number of carboxylic acids is 1. The molecule has 5 rings (SSSR count). The molecule has 0 unspecified atom stereocenters. The number of para-hydroxylation sites is 1. The Morgan fingerprint density at radius 1 is 1.27 bits per heavy atom. The minimum atomic E-state index is -0.964. The van der Waals surface area contributed by atoms with Crippen molar-refractivity contribution in [3.63, 3.8) is 0 Å². The van der Waals surface area contributed by atoms with Crippen LogP contribution in [0, 0.1) is 5.82 Å². The molecule has 1 aliphatic rings. The van der Waals surface area contributed by atoms with Crippen LogP contribution in [0.2, 0.25) is 5.02 Å². The van der Waals surface area contributed by atoms with Crippen LogP contribution in [0.4, 0.5) is 10.1 Å². The van der Waals surface area contributed by atoms with E-state index in [0.717, 1.165) is 6.07 Å². The predicted octanol–water partition coefficient (Wildman–Crippen LogP) is 5.40. The number of anilines is 1. The molecule has 0 spiro atoms. The summed E-state index contributed by atoms with van der Waals surface area (Å²) in [6, 6.07) is 8.77. The van der Waals surface area contributed by atoms with Crippen molar-refractivity contribution in [2.24, 2.45) is 0 Å². The molecule has 0 radical (unpaired) electrons. The van der Waals surface area contributed by atoms with Crippen LogP contribution in [0.1, 0.15) is 53.4 Å². The summed E-state index contributed by atoms with van der Waals surface area (Å²) < 4.78 is 32.2. The second-order valence-corrected chi connectivity index (χ2v) is 9.98. The lowest BCUT2D eigenvalue weighted by atomic mass is 10.1. The Balaban J connectivity index is 1.31. The molecule has 41 heavy (non-hydrogen) atoms. The largest absolute Gasteiger partial charge is 0.481 e. The van der Waals surface area contributed by atoms with Gasteiger partial charge in [-0.3, -0.25) is 14.4 Å². The van der Waals surface area contributed by atoms with E-state index in [1.165, 1.54) is 23.4 Å². The number of halogens is 2. The Bertz CT molecular complexity index is 1600. The van der Waals surface area contributed by atoms with Crippen molar-refractivity contribution in [2.45, 2.75) is 44.8 Å². The maximum Gasteiger partial charge on any atom is 0.303 e. The lowest BCUT2D eigenvalue weighted by Gasteiger charge is -2.26. The number of rotatable bonds is 10. The van der Waals surface area contributed by atoms with Crippen LogP contribution >= 0.6 is 11.6 Å². The number of aromatic nitrogens is 1. The summed E-state index contributed by atoms with van der Waals surface area (Å²) in [6.45, 7) is 2.58. The number of aryl methyl sites for hydroxylation is 1. The molecule has 2 amide bonds. The highest BCUT2D eigenvalue weighted by atomic mass is 35.5. The number of benzene rings is 2. The SMILES string of the molecule is CCO[C@H]1CCN(C(=O)Cc2cc(Cl)c(NC(=O)c3coc4ccccc34)cc2F)[C@@H]1c1ncc(CCC(=O)O)o1. The van der Waals surface area contributed by atoms with Gasteiger partial charge in [0.25, 0.3) is 5.91 Å². The molecule has 0 aliphatic carbocycles. The van der Waals surface area contributed by atoms with Crippen LogP contribution in [0.5, 0.6) is 0 Å². The molecule has 2 aromatic heterocycles. The van der Waals surface area contributed by atoms with Crippen LogP contribution in [0.25, 0.3) is 11.0 Å². The number of carboxylic acid groups (broad SMARTS) is 1. The lowest BCUT2D eigenvalue weighted by Crippen LogP contribution is -2.35. The third kappa shape index (κ3) is 6.10. The first-order valence-corrected chi connectivity index (χ1v) is 13.5. The van der Waals surface area contributed by atoms with Gasteiger partial charge in [-0.15, -0.1) is 0 Å². The number of nitrogens with zero attached hydrogens (tertiary/aromatic N) is 2. The van der Waals surface area contributed by atoms with E-state index in [0.29, 0.717) is 36.3 Å². The summed E-state index contributed by atoms with van der Waals surface area (Å²) in [5.74, 6) is -1.96. The van der Waals surface area contributed by atoms with E-state index < -0.39 is 23.7 Å². The Morgan fingerprint density at radius 2 is 2.07 bits per heavy atom. The number of carbonyl (C=O) groups is 3. The smallest absolute Gasteiger partial charge is 0.303 e. The number of oxazole rings is 1. The standard InChI is InChI=1S/C29H27ClFN3O7/c1-2-39-24-9-10-34(27(24)29-32-14-17(41-29)7-8-26(36)37)25(35)12-16-11-20(30)22(13-21(16)31)33-28(38)19-15-40-23-6-4-3-5-18(19)23/h3-6,11,13-15,24,27H,2,7-10,12H2,1H3,(H,33,38)(H,36,37)/t24-,27-/m0/s1. The monoisotopic (exact) mass is 583 g/mol. The highest BCUT2D eigenvalue weighted by Crippen LogP contribution is 2.36. The number of fused-ring (bicyclic) bond motifs is 1.